The van der Waals surface area contributed by atoms with Crippen molar-refractivity contribution in [2.75, 3.05) is 11.5 Å². The largest absolute Gasteiger partial charge is 0.300 e. The molecule has 0 saturated heterocycles. The van der Waals surface area contributed by atoms with E-state index in [1.54, 1.807) is 41.8 Å². The molecule has 1 aromatic rings. The normalized spacial score (nSPS) is 10.6. The summed E-state index contributed by atoms with van der Waals surface area (Å²) in [4.78, 5) is 10.8. The molecule has 0 aromatic carbocycles. The van der Waals surface area contributed by atoms with Crippen LogP contribution < -0.4 is 0 Å². The van der Waals surface area contributed by atoms with Crippen molar-refractivity contribution in [3.8, 4) is 0 Å². The van der Waals surface area contributed by atoms with Gasteiger partial charge in [-0.1, -0.05) is 48.2 Å². The van der Waals surface area contributed by atoms with E-state index < -0.39 is 0 Å². The zero-order valence-corrected chi connectivity index (χ0v) is 12.0. The van der Waals surface area contributed by atoms with Gasteiger partial charge in [0.15, 0.2) is 8.68 Å². The number of carbonyl (C=O) groups is 1. The van der Waals surface area contributed by atoms with Crippen LogP contribution in [0.25, 0.3) is 0 Å². The molecule has 0 aliphatic carbocycles. The maximum atomic E-state index is 10.8. The Morgan fingerprint density at radius 1 is 1.25 bits per heavy atom. The molecule has 3 nitrogen and oxygen atoms in total. The van der Waals surface area contributed by atoms with Gasteiger partial charge in [-0.3, -0.25) is 4.79 Å². The molecule has 1 heterocycles. The highest BCUT2D eigenvalue weighted by Crippen LogP contribution is 2.29. The van der Waals surface area contributed by atoms with E-state index in [9.17, 15) is 4.79 Å². The van der Waals surface area contributed by atoms with Crippen LogP contribution in [-0.2, 0) is 4.79 Å². The van der Waals surface area contributed by atoms with Crippen LogP contribution in [-0.4, -0.2) is 27.5 Å². The Hall–Kier alpha value is -0.0700. The Morgan fingerprint density at radius 2 is 1.88 bits per heavy atom. The first-order valence-electron chi connectivity index (χ1n) is 5.31. The summed E-state index contributed by atoms with van der Waals surface area (Å²) in [6, 6.07) is 0. The second-order valence-corrected chi connectivity index (χ2v) is 7.00. The van der Waals surface area contributed by atoms with E-state index in [-0.39, 0.29) is 5.78 Å². The number of hydrogen-bond donors (Lipinski definition) is 0. The maximum absolute atomic E-state index is 10.8. The van der Waals surface area contributed by atoms with Crippen molar-refractivity contribution in [3.05, 3.63) is 0 Å². The fraction of sp³-hybridized carbons (Fsp3) is 0.700. The molecular weight excluding hydrogens is 260 g/mol. The lowest BCUT2D eigenvalue weighted by atomic mass is 10.4. The van der Waals surface area contributed by atoms with Gasteiger partial charge in [-0.05, 0) is 13.3 Å². The number of rotatable bonds is 8. The molecule has 90 valence electrons. The highest BCUT2D eigenvalue weighted by atomic mass is 32.2. The average molecular weight is 276 g/mol. The van der Waals surface area contributed by atoms with Gasteiger partial charge in [0, 0.05) is 17.9 Å². The third-order valence-corrected chi connectivity index (χ3v) is 5.07. The molecule has 1 rings (SSSR count). The van der Waals surface area contributed by atoms with Gasteiger partial charge in [0.25, 0.3) is 0 Å². The number of hydrogen-bond acceptors (Lipinski definition) is 6. The molecule has 6 heteroatoms. The third kappa shape index (κ3) is 5.86. The SMILES string of the molecule is CCCCSc1nnc(SCCC(C)=O)s1. The minimum atomic E-state index is 0.231. The van der Waals surface area contributed by atoms with E-state index in [1.165, 1.54) is 12.8 Å². The lowest BCUT2D eigenvalue weighted by molar-refractivity contribution is -0.116. The van der Waals surface area contributed by atoms with Crippen LogP contribution in [0.2, 0.25) is 0 Å². The van der Waals surface area contributed by atoms with E-state index in [1.807, 2.05) is 0 Å². The topological polar surface area (TPSA) is 42.9 Å². The van der Waals surface area contributed by atoms with E-state index in [4.69, 9.17) is 0 Å². The minimum absolute atomic E-state index is 0.231. The molecule has 0 amide bonds. The molecule has 0 atom stereocenters. The quantitative estimate of drug-likeness (QED) is 0.537. The van der Waals surface area contributed by atoms with E-state index >= 15 is 0 Å². The zero-order valence-electron chi connectivity index (χ0n) is 9.56. The van der Waals surface area contributed by atoms with Crippen molar-refractivity contribution in [1.82, 2.24) is 10.2 Å². The van der Waals surface area contributed by atoms with Gasteiger partial charge in [-0.25, -0.2) is 0 Å². The molecule has 0 aliphatic heterocycles. The van der Waals surface area contributed by atoms with Crippen LogP contribution in [0.5, 0.6) is 0 Å². The lowest BCUT2D eigenvalue weighted by Crippen LogP contribution is -1.91. The number of aromatic nitrogens is 2. The molecule has 16 heavy (non-hydrogen) atoms. The predicted molar refractivity (Wildman–Crippen MR) is 71.6 cm³/mol. The Labute approximate surface area is 109 Å². The highest BCUT2D eigenvalue weighted by molar-refractivity contribution is 8.03. The van der Waals surface area contributed by atoms with Gasteiger partial charge < -0.3 is 0 Å². The number of ketones is 1. The molecular formula is C10H16N2OS3. The highest BCUT2D eigenvalue weighted by Gasteiger charge is 2.05. The van der Waals surface area contributed by atoms with E-state index in [0.717, 1.165) is 20.2 Å². The number of carbonyl (C=O) groups excluding carboxylic acids is 1. The second-order valence-electron chi connectivity index (χ2n) is 3.34. The number of unbranched alkanes of at least 4 members (excludes halogenated alkanes) is 1. The molecule has 0 radical (unpaired) electrons. The van der Waals surface area contributed by atoms with Crippen molar-refractivity contribution < 1.29 is 4.79 Å². The predicted octanol–water partition coefficient (Wildman–Crippen LogP) is 3.50. The van der Waals surface area contributed by atoms with Crippen molar-refractivity contribution in [2.24, 2.45) is 0 Å². The van der Waals surface area contributed by atoms with Crippen molar-refractivity contribution >= 4 is 40.6 Å². The average Bonchev–Trinajstić information content (AvgIpc) is 2.66. The Bertz CT molecular complexity index is 328. The van der Waals surface area contributed by atoms with Crippen LogP contribution in [0.4, 0.5) is 0 Å². The summed E-state index contributed by atoms with van der Waals surface area (Å²) < 4.78 is 2.01. The van der Waals surface area contributed by atoms with Crippen molar-refractivity contribution in [3.63, 3.8) is 0 Å². The van der Waals surface area contributed by atoms with Crippen LogP contribution in [0.15, 0.2) is 8.68 Å². The van der Waals surface area contributed by atoms with Gasteiger partial charge in [0.05, 0.1) is 0 Å². The molecule has 0 saturated carbocycles. The first-order valence-corrected chi connectivity index (χ1v) is 8.09. The van der Waals surface area contributed by atoms with Gasteiger partial charge in [-0.2, -0.15) is 0 Å². The molecule has 1 aromatic heterocycles. The van der Waals surface area contributed by atoms with Crippen LogP contribution in [0, 0.1) is 0 Å². The zero-order chi connectivity index (χ0) is 11.8. The Balaban J connectivity index is 2.25. The third-order valence-electron chi connectivity index (χ3n) is 1.79. The summed E-state index contributed by atoms with van der Waals surface area (Å²) in [5.74, 6) is 2.15. The van der Waals surface area contributed by atoms with Gasteiger partial charge in [0.1, 0.15) is 5.78 Å². The summed E-state index contributed by atoms with van der Waals surface area (Å²) in [6.45, 7) is 3.80. The summed E-state index contributed by atoms with van der Waals surface area (Å²) in [6.07, 6.45) is 3.05. The van der Waals surface area contributed by atoms with Crippen LogP contribution in [0.3, 0.4) is 0 Å². The first-order chi connectivity index (χ1) is 7.72. The molecule has 0 N–H and O–H groups in total. The van der Waals surface area contributed by atoms with Gasteiger partial charge in [-0.15, -0.1) is 10.2 Å². The van der Waals surface area contributed by atoms with E-state index in [2.05, 4.69) is 17.1 Å². The Morgan fingerprint density at radius 3 is 2.44 bits per heavy atom. The summed E-state index contributed by atoms with van der Waals surface area (Å²) >= 11 is 5.02. The van der Waals surface area contributed by atoms with Crippen LogP contribution in [0.1, 0.15) is 33.1 Å². The number of Topliss-reactive ketones (excluding diaryl/α,β-unsaturated/α-hetero) is 1. The molecule has 0 bridgehead atoms. The summed E-state index contributed by atoms with van der Waals surface area (Å²) in [7, 11) is 0. The fourth-order valence-corrected chi connectivity index (χ4v) is 4.18. The summed E-state index contributed by atoms with van der Waals surface area (Å²) in [5.41, 5.74) is 0. The standard InChI is InChI=1S/C10H16N2OS3/c1-3-4-6-14-9-11-12-10(16-9)15-7-5-8(2)13/h3-7H2,1-2H3. The number of thioether (sulfide) groups is 2. The minimum Gasteiger partial charge on any atom is -0.300 e. The number of nitrogens with zero attached hydrogens (tertiary/aromatic N) is 2. The molecule has 0 spiro atoms. The first kappa shape index (κ1) is 14.0. The van der Waals surface area contributed by atoms with Crippen molar-refractivity contribution in [1.29, 1.82) is 0 Å². The van der Waals surface area contributed by atoms with E-state index in [0.29, 0.717) is 6.42 Å². The maximum Gasteiger partial charge on any atom is 0.175 e. The molecule has 0 aliphatic rings. The molecule has 0 fully saturated rings. The van der Waals surface area contributed by atoms with Gasteiger partial charge >= 0.3 is 0 Å². The lowest BCUT2D eigenvalue weighted by Gasteiger charge is -1.93. The molecule has 0 unspecified atom stereocenters. The van der Waals surface area contributed by atoms with Crippen LogP contribution >= 0.6 is 34.9 Å². The van der Waals surface area contributed by atoms with Gasteiger partial charge in [0.2, 0.25) is 0 Å². The second kappa shape index (κ2) is 8.08. The fourth-order valence-electron chi connectivity index (χ4n) is 0.900. The monoisotopic (exact) mass is 276 g/mol. The smallest absolute Gasteiger partial charge is 0.175 e. The summed E-state index contributed by atoms with van der Waals surface area (Å²) in [5, 5.41) is 8.20. The Kier molecular flexibility index (Phi) is 7.07. The van der Waals surface area contributed by atoms with Crippen molar-refractivity contribution in [2.45, 2.75) is 41.8 Å².